The Labute approximate surface area is 219 Å². The zero-order chi connectivity index (χ0) is 26.5. The number of furan rings is 1. The van der Waals surface area contributed by atoms with E-state index in [0.29, 0.717) is 40.7 Å². The van der Waals surface area contributed by atoms with Crippen LogP contribution in [-0.2, 0) is 16.1 Å². The zero-order valence-electron chi connectivity index (χ0n) is 20.4. The number of likely N-dealkylation sites (tertiary alicyclic amines) is 1. The number of carbonyl (C=O) groups is 2. The Morgan fingerprint density at radius 1 is 0.921 bits per heavy atom. The molecule has 0 saturated carbocycles. The van der Waals surface area contributed by atoms with Crippen molar-refractivity contribution < 1.29 is 28.6 Å². The van der Waals surface area contributed by atoms with Gasteiger partial charge in [-0.05, 0) is 66.2 Å². The average molecular weight is 508 g/mol. The van der Waals surface area contributed by atoms with Gasteiger partial charge in [0.2, 0.25) is 0 Å². The third-order valence-electron chi connectivity index (χ3n) is 6.09. The lowest BCUT2D eigenvalue weighted by atomic mass is 9.95. The van der Waals surface area contributed by atoms with Crippen LogP contribution in [0.1, 0.15) is 22.9 Å². The highest BCUT2D eigenvalue weighted by atomic mass is 16.5. The molecule has 5 rings (SSSR count). The van der Waals surface area contributed by atoms with Crippen LogP contribution in [0.4, 0.5) is 0 Å². The molecule has 1 aliphatic rings. The van der Waals surface area contributed by atoms with E-state index < -0.39 is 17.7 Å². The van der Waals surface area contributed by atoms with Crippen LogP contribution in [0.3, 0.4) is 0 Å². The number of nitrogens with zero attached hydrogens (tertiary/aromatic N) is 1. The Morgan fingerprint density at radius 2 is 1.68 bits per heavy atom. The standard InChI is InChI=1S/C31H25NO6/c1-2-17-36-23-15-13-21(14-16-23)29(33)27-28(32(31(35)30(27)34)20-26-12-7-18-37-26)22-8-6-11-25(19-22)38-24-9-4-3-5-10-24/h2-16,18-19,28,33H,1,17,20H2/b29-27+. The highest BCUT2D eigenvalue weighted by molar-refractivity contribution is 6.46. The largest absolute Gasteiger partial charge is 0.507 e. The van der Waals surface area contributed by atoms with Crippen LogP contribution in [0.25, 0.3) is 5.76 Å². The first-order chi connectivity index (χ1) is 18.5. The molecule has 4 aromatic rings. The average Bonchev–Trinajstić information content (AvgIpc) is 3.55. The predicted molar refractivity (Wildman–Crippen MR) is 142 cm³/mol. The minimum Gasteiger partial charge on any atom is -0.507 e. The summed E-state index contributed by atoms with van der Waals surface area (Å²) in [7, 11) is 0. The van der Waals surface area contributed by atoms with E-state index in [0.717, 1.165) is 0 Å². The maximum Gasteiger partial charge on any atom is 0.296 e. The molecular weight excluding hydrogens is 482 g/mol. The molecule has 2 heterocycles. The van der Waals surface area contributed by atoms with Crippen molar-refractivity contribution in [2.75, 3.05) is 6.61 Å². The number of hydrogen-bond acceptors (Lipinski definition) is 6. The minimum atomic E-state index is -0.865. The Balaban J connectivity index is 1.57. The van der Waals surface area contributed by atoms with Gasteiger partial charge in [0.05, 0.1) is 24.4 Å². The molecule has 0 aliphatic carbocycles. The first-order valence-corrected chi connectivity index (χ1v) is 12.0. The minimum absolute atomic E-state index is 0.0156. The molecule has 3 aromatic carbocycles. The normalized spacial score (nSPS) is 16.4. The first-order valence-electron chi connectivity index (χ1n) is 12.0. The summed E-state index contributed by atoms with van der Waals surface area (Å²) < 4.78 is 17.0. The third kappa shape index (κ3) is 5.08. The van der Waals surface area contributed by atoms with Crippen molar-refractivity contribution in [3.05, 3.63) is 132 Å². The first kappa shape index (κ1) is 24.6. The van der Waals surface area contributed by atoms with Crippen LogP contribution in [0.5, 0.6) is 17.2 Å². The monoisotopic (exact) mass is 507 g/mol. The Bertz CT molecular complexity index is 1470. The maximum absolute atomic E-state index is 13.3. The molecule has 1 saturated heterocycles. The van der Waals surface area contributed by atoms with Crippen LogP contribution >= 0.6 is 0 Å². The van der Waals surface area contributed by atoms with Crippen molar-refractivity contribution >= 4 is 17.4 Å². The molecule has 38 heavy (non-hydrogen) atoms. The summed E-state index contributed by atoms with van der Waals surface area (Å²) in [5, 5.41) is 11.3. The van der Waals surface area contributed by atoms with Gasteiger partial charge < -0.3 is 23.9 Å². The molecule has 1 aromatic heterocycles. The number of ketones is 1. The van der Waals surface area contributed by atoms with Gasteiger partial charge in [-0.3, -0.25) is 9.59 Å². The van der Waals surface area contributed by atoms with E-state index in [1.54, 1.807) is 66.7 Å². The van der Waals surface area contributed by atoms with Gasteiger partial charge in [-0.1, -0.05) is 43.0 Å². The second kappa shape index (κ2) is 10.9. The Kier molecular flexibility index (Phi) is 7.08. The molecule has 0 bridgehead atoms. The molecule has 1 amide bonds. The van der Waals surface area contributed by atoms with Crippen LogP contribution in [0.15, 0.2) is 120 Å². The number of aliphatic hydroxyl groups is 1. The van der Waals surface area contributed by atoms with E-state index >= 15 is 0 Å². The molecule has 1 aliphatic heterocycles. The lowest BCUT2D eigenvalue weighted by Gasteiger charge is -2.25. The van der Waals surface area contributed by atoms with E-state index in [1.165, 1.54) is 11.2 Å². The SMILES string of the molecule is C=CCOc1ccc(/C(O)=C2\C(=O)C(=O)N(Cc3ccco3)C2c2cccc(Oc3ccccc3)c2)cc1. The molecule has 1 fully saturated rings. The fourth-order valence-electron chi connectivity index (χ4n) is 4.35. The number of ether oxygens (including phenoxy) is 2. The molecule has 1 N–H and O–H groups in total. The fourth-order valence-corrected chi connectivity index (χ4v) is 4.35. The molecular formula is C31H25NO6. The Morgan fingerprint density at radius 3 is 2.39 bits per heavy atom. The van der Waals surface area contributed by atoms with Gasteiger partial charge in [-0.15, -0.1) is 0 Å². The molecule has 1 unspecified atom stereocenters. The molecule has 1 atom stereocenters. The molecule has 0 spiro atoms. The van der Waals surface area contributed by atoms with E-state index in [2.05, 4.69) is 6.58 Å². The number of amides is 1. The number of aliphatic hydroxyl groups excluding tert-OH is 1. The highest BCUT2D eigenvalue weighted by Crippen LogP contribution is 2.41. The number of hydrogen-bond donors (Lipinski definition) is 1. The maximum atomic E-state index is 13.3. The predicted octanol–water partition coefficient (Wildman–Crippen LogP) is 6.26. The van der Waals surface area contributed by atoms with E-state index in [1.807, 2.05) is 30.3 Å². The van der Waals surface area contributed by atoms with Gasteiger partial charge in [0.15, 0.2) is 0 Å². The second-order valence-electron chi connectivity index (χ2n) is 8.62. The van der Waals surface area contributed by atoms with Crippen molar-refractivity contribution in [1.82, 2.24) is 4.90 Å². The van der Waals surface area contributed by atoms with Crippen LogP contribution in [0, 0.1) is 0 Å². The van der Waals surface area contributed by atoms with Gasteiger partial charge in [-0.25, -0.2) is 0 Å². The number of para-hydroxylation sites is 1. The summed E-state index contributed by atoms with van der Waals surface area (Å²) in [6.45, 7) is 4.02. The number of carbonyl (C=O) groups excluding carboxylic acids is 2. The molecule has 7 nitrogen and oxygen atoms in total. The lowest BCUT2D eigenvalue weighted by molar-refractivity contribution is -0.140. The number of Topliss-reactive ketones (excluding diaryl/α,β-unsaturated/α-hetero) is 1. The van der Waals surface area contributed by atoms with Gasteiger partial charge >= 0.3 is 0 Å². The number of rotatable bonds is 9. The zero-order valence-corrected chi connectivity index (χ0v) is 20.4. The third-order valence-corrected chi connectivity index (χ3v) is 6.09. The Hall–Kier alpha value is -5.04. The van der Waals surface area contributed by atoms with Gasteiger partial charge in [0.25, 0.3) is 11.7 Å². The van der Waals surface area contributed by atoms with Gasteiger partial charge in [0, 0.05) is 5.56 Å². The van der Waals surface area contributed by atoms with Gasteiger partial charge in [0.1, 0.15) is 35.4 Å². The van der Waals surface area contributed by atoms with Crippen molar-refractivity contribution in [3.8, 4) is 17.2 Å². The van der Waals surface area contributed by atoms with Crippen LogP contribution in [-0.4, -0.2) is 28.3 Å². The second-order valence-corrected chi connectivity index (χ2v) is 8.62. The summed E-state index contributed by atoms with van der Waals surface area (Å²) in [6.07, 6.45) is 3.13. The van der Waals surface area contributed by atoms with Crippen molar-refractivity contribution in [3.63, 3.8) is 0 Å². The smallest absolute Gasteiger partial charge is 0.296 e. The summed E-state index contributed by atoms with van der Waals surface area (Å²) in [6, 6.07) is 25.6. The molecule has 7 heteroatoms. The van der Waals surface area contributed by atoms with Gasteiger partial charge in [-0.2, -0.15) is 0 Å². The van der Waals surface area contributed by atoms with E-state index in [9.17, 15) is 14.7 Å². The highest BCUT2D eigenvalue weighted by Gasteiger charge is 2.46. The fraction of sp³-hybridized carbons (Fsp3) is 0.0968. The summed E-state index contributed by atoms with van der Waals surface area (Å²) >= 11 is 0. The number of benzene rings is 3. The van der Waals surface area contributed by atoms with Crippen molar-refractivity contribution in [2.45, 2.75) is 12.6 Å². The van der Waals surface area contributed by atoms with Crippen molar-refractivity contribution in [1.29, 1.82) is 0 Å². The van der Waals surface area contributed by atoms with Crippen LogP contribution < -0.4 is 9.47 Å². The molecule has 0 radical (unpaired) electrons. The quantitative estimate of drug-likeness (QED) is 0.125. The summed E-state index contributed by atoms with van der Waals surface area (Å²) in [4.78, 5) is 28.0. The lowest BCUT2D eigenvalue weighted by Crippen LogP contribution is -2.29. The van der Waals surface area contributed by atoms with E-state index in [4.69, 9.17) is 13.9 Å². The summed E-state index contributed by atoms with van der Waals surface area (Å²) in [5.41, 5.74) is 0.975. The van der Waals surface area contributed by atoms with E-state index in [-0.39, 0.29) is 17.9 Å². The molecule has 190 valence electrons. The topological polar surface area (TPSA) is 89.2 Å². The van der Waals surface area contributed by atoms with Crippen molar-refractivity contribution in [2.24, 2.45) is 0 Å². The van der Waals surface area contributed by atoms with Crippen LogP contribution in [0.2, 0.25) is 0 Å². The summed E-state index contributed by atoms with van der Waals surface area (Å²) in [5.74, 6) is 0.488.